The van der Waals surface area contributed by atoms with Crippen molar-refractivity contribution in [1.29, 1.82) is 0 Å². The number of ether oxygens (including phenoxy) is 2. The average molecular weight is 685 g/mol. The van der Waals surface area contributed by atoms with Crippen LogP contribution in [0, 0.1) is 5.92 Å². The molecule has 3 saturated heterocycles. The van der Waals surface area contributed by atoms with Crippen LogP contribution in [0.25, 0.3) is 33.5 Å². The number of aromatic nitrogens is 2. The van der Waals surface area contributed by atoms with E-state index in [1.54, 1.807) is 20.4 Å². The average Bonchev–Trinajstić information content (AvgIpc) is 3.67. The van der Waals surface area contributed by atoms with E-state index in [0.717, 1.165) is 90.6 Å². The van der Waals surface area contributed by atoms with Crippen LogP contribution in [0.3, 0.4) is 0 Å². The summed E-state index contributed by atoms with van der Waals surface area (Å²) in [4.78, 5) is 26.1. The molecule has 3 aliphatic heterocycles. The van der Waals surface area contributed by atoms with Crippen molar-refractivity contribution in [1.82, 2.24) is 25.1 Å². The zero-order valence-electron chi connectivity index (χ0n) is 27.5. The zero-order chi connectivity index (χ0) is 33.2. The van der Waals surface area contributed by atoms with Crippen LogP contribution in [0.4, 0.5) is 0 Å². The third-order valence-electron chi connectivity index (χ3n) is 10.5. The van der Waals surface area contributed by atoms with Gasteiger partial charge in [0, 0.05) is 73.0 Å². The normalized spacial score (nSPS) is 20.4. The van der Waals surface area contributed by atoms with Gasteiger partial charge >= 0.3 is 0 Å². The first-order valence-corrected chi connectivity index (χ1v) is 17.5. The summed E-state index contributed by atoms with van der Waals surface area (Å²) in [5.41, 5.74) is 8.32. The van der Waals surface area contributed by atoms with Crippen molar-refractivity contribution in [3.8, 4) is 45.1 Å². The minimum Gasteiger partial charge on any atom is -0.496 e. The Hall–Kier alpha value is -3.69. The number of benzene rings is 3. The highest BCUT2D eigenvalue weighted by Crippen LogP contribution is 2.48. The molecule has 0 bridgehead atoms. The molecule has 1 amide bonds. The number of nitrogens with zero attached hydrogens (tertiary/aromatic N) is 4. The predicted molar refractivity (Wildman–Crippen MR) is 189 cm³/mol. The Morgan fingerprint density at radius 1 is 0.958 bits per heavy atom. The van der Waals surface area contributed by atoms with E-state index >= 15 is 0 Å². The van der Waals surface area contributed by atoms with Gasteiger partial charge in [-0.2, -0.15) is 0 Å². The van der Waals surface area contributed by atoms with Gasteiger partial charge < -0.3 is 14.8 Å². The number of methoxy groups -OCH3 is 2. The number of likely N-dealkylation sites (tertiary alicyclic amines) is 2. The van der Waals surface area contributed by atoms with E-state index in [1.807, 2.05) is 30.3 Å². The summed E-state index contributed by atoms with van der Waals surface area (Å²) < 4.78 is 11.7. The first-order valence-electron chi connectivity index (χ1n) is 16.7. The maximum atomic E-state index is 11.7. The summed E-state index contributed by atoms with van der Waals surface area (Å²) in [6, 6.07) is 16.8. The monoisotopic (exact) mass is 683 g/mol. The molecule has 4 aromatic rings. The van der Waals surface area contributed by atoms with Crippen LogP contribution < -0.4 is 14.8 Å². The second kappa shape index (κ2) is 12.3. The third kappa shape index (κ3) is 5.43. The summed E-state index contributed by atoms with van der Waals surface area (Å²) in [5, 5.41) is 4.31. The van der Waals surface area contributed by atoms with Crippen molar-refractivity contribution in [3.63, 3.8) is 0 Å². The number of carbonyl (C=O) groups is 1. The fraction of sp³-hybridized carbons (Fsp3) is 0.395. The number of carbonyl (C=O) groups excluding carboxylic acids is 1. The SMILES string of the molecule is COc1cc(-c2cccc(-c3cccc(-c4cnc(CN5CC6(CCC(=O)N6)C5)c(OC)n4)c3Cl)c2Cl)cc2c1[C@@H](N1CC(C)C1)CC2. The topological polar surface area (TPSA) is 79.8 Å². The molecule has 4 aliphatic rings. The molecule has 248 valence electrons. The van der Waals surface area contributed by atoms with Crippen LogP contribution in [-0.2, 0) is 17.8 Å². The van der Waals surface area contributed by atoms with Crippen LogP contribution >= 0.6 is 23.2 Å². The Morgan fingerprint density at radius 3 is 2.33 bits per heavy atom. The lowest BCUT2D eigenvalue weighted by atomic mass is 9.88. The van der Waals surface area contributed by atoms with Gasteiger partial charge in [-0.15, -0.1) is 0 Å². The minimum absolute atomic E-state index is 0.0906. The Bertz CT molecular complexity index is 1920. The summed E-state index contributed by atoms with van der Waals surface area (Å²) in [7, 11) is 3.37. The Kier molecular flexibility index (Phi) is 8.11. The lowest BCUT2D eigenvalue weighted by molar-refractivity contribution is -0.120. The molecule has 0 saturated carbocycles. The molecule has 10 heteroatoms. The number of hydrogen-bond acceptors (Lipinski definition) is 7. The number of rotatable bonds is 8. The number of hydrogen-bond donors (Lipinski definition) is 1. The molecule has 3 aromatic carbocycles. The molecule has 1 aliphatic carbocycles. The van der Waals surface area contributed by atoms with Gasteiger partial charge in [0.2, 0.25) is 11.8 Å². The summed E-state index contributed by atoms with van der Waals surface area (Å²) in [6.45, 7) is 6.80. The van der Waals surface area contributed by atoms with E-state index in [-0.39, 0.29) is 11.4 Å². The molecule has 1 atom stereocenters. The van der Waals surface area contributed by atoms with Gasteiger partial charge in [-0.25, -0.2) is 4.98 Å². The quantitative estimate of drug-likeness (QED) is 0.210. The molecule has 0 unspecified atom stereocenters. The van der Waals surface area contributed by atoms with Gasteiger partial charge in [0.15, 0.2) is 0 Å². The molecule has 1 aromatic heterocycles. The van der Waals surface area contributed by atoms with Gasteiger partial charge in [0.1, 0.15) is 11.4 Å². The van der Waals surface area contributed by atoms with Crippen molar-refractivity contribution in [2.75, 3.05) is 40.4 Å². The highest BCUT2D eigenvalue weighted by Gasteiger charge is 2.47. The molecule has 3 fully saturated rings. The molecule has 48 heavy (non-hydrogen) atoms. The number of aryl methyl sites for hydroxylation is 1. The van der Waals surface area contributed by atoms with Crippen LogP contribution in [0.2, 0.25) is 10.0 Å². The van der Waals surface area contributed by atoms with Crippen molar-refractivity contribution < 1.29 is 14.3 Å². The second-order valence-electron chi connectivity index (χ2n) is 13.9. The standard InChI is InChI=1S/C38H39Cl2N5O3/c1-22-17-45(18-22)31-11-10-23-14-24(15-32(47-2)34(23)31)25-6-4-7-26(35(25)39)27-8-5-9-28(36(27)40)29-16-41-30(37(42-29)48-3)19-44-20-38(21-44)13-12-33(46)43-38/h4-9,14-16,22,31H,10-13,17-21H2,1-3H3,(H,43,46)/t31-/m0/s1. The van der Waals surface area contributed by atoms with Crippen LogP contribution in [0.5, 0.6) is 11.6 Å². The molecule has 0 radical (unpaired) electrons. The first kappa shape index (κ1) is 31.6. The van der Waals surface area contributed by atoms with Gasteiger partial charge in [0.25, 0.3) is 0 Å². The third-order valence-corrected chi connectivity index (χ3v) is 11.4. The highest BCUT2D eigenvalue weighted by atomic mass is 35.5. The smallest absolute Gasteiger partial charge is 0.237 e. The van der Waals surface area contributed by atoms with Crippen molar-refractivity contribution in [2.24, 2.45) is 5.92 Å². The number of halogens is 2. The van der Waals surface area contributed by atoms with Crippen LogP contribution in [0.15, 0.2) is 54.7 Å². The van der Waals surface area contributed by atoms with E-state index < -0.39 is 0 Å². The Balaban J connectivity index is 1.07. The van der Waals surface area contributed by atoms with Gasteiger partial charge in [-0.1, -0.05) is 72.6 Å². The lowest BCUT2D eigenvalue weighted by Crippen LogP contribution is -2.66. The molecule has 8 nitrogen and oxygen atoms in total. The summed E-state index contributed by atoms with van der Waals surface area (Å²) in [6.07, 6.45) is 5.37. The molecular formula is C38H39Cl2N5O3. The molecule has 8 rings (SSSR count). The Labute approximate surface area is 291 Å². The van der Waals surface area contributed by atoms with E-state index in [2.05, 4.69) is 40.2 Å². The van der Waals surface area contributed by atoms with Gasteiger partial charge in [0.05, 0.1) is 41.7 Å². The van der Waals surface area contributed by atoms with Crippen LogP contribution in [0.1, 0.15) is 49.0 Å². The summed E-state index contributed by atoms with van der Waals surface area (Å²) in [5.74, 6) is 2.28. The minimum atomic E-state index is -0.0906. The van der Waals surface area contributed by atoms with Crippen molar-refractivity contribution >= 4 is 29.1 Å². The highest BCUT2D eigenvalue weighted by molar-refractivity contribution is 6.39. The zero-order valence-corrected chi connectivity index (χ0v) is 29.0. The second-order valence-corrected chi connectivity index (χ2v) is 14.6. The number of nitrogens with one attached hydrogen (secondary N) is 1. The maximum Gasteiger partial charge on any atom is 0.237 e. The lowest BCUT2D eigenvalue weighted by Gasteiger charge is -2.47. The Morgan fingerprint density at radius 2 is 1.67 bits per heavy atom. The fourth-order valence-corrected chi connectivity index (χ4v) is 8.90. The molecule has 1 N–H and O–H groups in total. The predicted octanol–water partition coefficient (Wildman–Crippen LogP) is 7.21. The van der Waals surface area contributed by atoms with E-state index in [0.29, 0.717) is 40.6 Å². The maximum absolute atomic E-state index is 11.7. The van der Waals surface area contributed by atoms with E-state index in [4.69, 9.17) is 42.6 Å². The summed E-state index contributed by atoms with van der Waals surface area (Å²) >= 11 is 14.4. The van der Waals surface area contributed by atoms with Gasteiger partial charge in [-0.3, -0.25) is 19.6 Å². The van der Waals surface area contributed by atoms with E-state index in [9.17, 15) is 4.79 Å². The number of fused-ring (bicyclic) bond motifs is 1. The fourth-order valence-electron chi connectivity index (χ4n) is 8.24. The van der Waals surface area contributed by atoms with Crippen molar-refractivity contribution in [3.05, 3.63) is 81.6 Å². The van der Waals surface area contributed by atoms with Crippen LogP contribution in [-0.4, -0.2) is 71.6 Å². The van der Waals surface area contributed by atoms with Crippen molar-refractivity contribution in [2.45, 2.75) is 50.7 Å². The first-order chi connectivity index (χ1) is 23.3. The molecule has 1 spiro atoms. The molecular weight excluding hydrogens is 645 g/mol. The molecule has 4 heterocycles. The van der Waals surface area contributed by atoms with Gasteiger partial charge in [-0.05, 0) is 42.4 Å². The van der Waals surface area contributed by atoms with E-state index in [1.165, 1.54) is 11.1 Å². The number of amides is 1. The largest absolute Gasteiger partial charge is 0.496 e.